The van der Waals surface area contributed by atoms with Crippen LogP contribution in [-0.2, 0) is 16.0 Å². The first-order valence-electron chi connectivity index (χ1n) is 10.1. The van der Waals surface area contributed by atoms with Gasteiger partial charge in [-0.1, -0.05) is 66.7 Å². The molecule has 1 heterocycles. The Morgan fingerprint density at radius 2 is 1.67 bits per heavy atom. The Morgan fingerprint density at radius 3 is 2.50 bits per heavy atom. The van der Waals surface area contributed by atoms with Crippen LogP contribution in [0.2, 0.25) is 0 Å². The lowest BCUT2D eigenvalue weighted by Crippen LogP contribution is -2.33. The summed E-state index contributed by atoms with van der Waals surface area (Å²) in [7, 11) is 0. The summed E-state index contributed by atoms with van der Waals surface area (Å²) < 4.78 is 0. The van der Waals surface area contributed by atoms with E-state index < -0.39 is 12.1 Å². The van der Waals surface area contributed by atoms with Crippen molar-refractivity contribution in [2.75, 3.05) is 11.9 Å². The minimum absolute atomic E-state index is 0.145. The molecule has 4 rings (SSSR count). The van der Waals surface area contributed by atoms with Gasteiger partial charge in [0.15, 0.2) is 0 Å². The SMILES string of the molecule is O=C(CC[C@H]1NC(=O)N(CCc2ccccc2)C1=O)Nc1cccc2ccccc12. The average molecular weight is 401 g/mol. The fraction of sp³-hybridized carbons (Fsp3) is 0.208. The first-order chi connectivity index (χ1) is 14.6. The normalized spacial score (nSPS) is 16.0. The number of amides is 4. The van der Waals surface area contributed by atoms with E-state index in [2.05, 4.69) is 10.6 Å². The Kier molecular flexibility index (Phi) is 5.75. The predicted octanol–water partition coefficient (Wildman–Crippen LogP) is 3.72. The van der Waals surface area contributed by atoms with Crippen LogP contribution in [-0.4, -0.2) is 35.3 Å². The molecule has 0 aliphatic carbocycles. The molecule has 0 radical (unpaired) electrons. The molecule has 1 atom stereocenters. The van der Waals surface area contributed by atoms with E-state index in [-0.39, 0.29) is 24.7 Å². The van der Waals surface area contributed by atoms with E-state index in [4.69, 9.17) is 0 Å². The molecule has 0 spiro atoms. The molecule has 30 heavy (non-hydrogen) atoms. The van der Waals surface area contributed by atoms with Crippen LogP contribution in [0.5, 0.6) is 0 Å². The molecule has 1 fully saturated rings. The number of hydrogen-bond acceptors (Lipinski definition) is 3. The van der Waals surface area contributed by atoms with E-state index in [0.29, 0.717) is 13.0 Å². The van der Waals surface area contributed by atoms with Crippen molar-refractivity contribution in [3.63, 3.8) is 0 Å². The maximum Gasteiger partial charge on any atom is 0.324 e. The van der Waals surface area contributed by atoms with Crippen LogP contribution in [0.4, 0.5) is 10.5 Å². The molecule has 0 saturated carbocycles. The average Bonchev–Trinajstić information content (AvgIpc) is 3.04. The van der Waals surface area contributed by atoms with Crippen LogP contribution in [0.15, 0.2) is 72.8 Å². The number of benzene rings is 3. The summed E-state index contributed by atoms with van der Waals surface area (Å²) in [6, 6.07) is 22.2. The summed E-state index contributed by atoms with van der Waals surface area (Å²) >= 11 is 0. The van der Waals surface area contributed by atoms with Gasteiger partial charge in [0.25, 0.3) is 5.91 Å². The number of carbonyl (C=O) groups excluding carboxylic acids is 3. The fourth-order valence-corrected chi connectivity index (χ4v) is 3.69. The molecule has 4 amide bonds. The molecule has 2 N–H and O–H groups in total. The van der Waals surface area contributed by atoms with Gasteiger partial charge in [-0.15, -0.1) is 0 Å². The van der Waals surface area contributed by atoms with Crippen LogP contribution in [0, 0.1) is 0 Å². The van der Waals surface area contributed by atoms with E-state index in [0.717, 1.165) is 22.0 Å². The minimum atomic E-state index is -0.661. The number of imide groups is 1. The highest BCUT2D eigenvalue weighted by molar-refractivity contribution is 6.05. The molecule has 1 aliphatic rings. The van der Waals surface area contributed by atoms with Crippen molar-refractivity contribution in [2.45, 2.75) is 25.3 Å². The number of urea groups is 1. The summed E-state index contributed by atoms with van der Waals surface area (Å²) in [5.41, 5.74) is 1.81. The lowest BCUT2D eigenvalue weighted by Gasteiger charge is -2.13. The zero-order valence-corrected chi connectivity index (χ0v) is 16.5. The van der Waals surface area contributed by atoms with Crippen LogP contribution in [0.25, 0.3) is 10.8 Å². The summed E-state index contributed by atoms with van der Waals surface area (Å²) in [5.74, 6) is -0.454. The van der Waals surface area contributed by atoms with Crippen LogP contribution < -0.4 is 10.6 Å². The first kappa shape index (κ1) is 19.6. The van der Waals surface area contributed by atoms with E-state index in [1.807, 2.05) is 72.8 Å². The molecule has 6 nitrogen and oxygen atoms in total. The van der Waals surface area contributed by atoms with E-state index >= 15 is 0 Å². The molecule has 3 aromatic carbocycles. The largest absolute Gasteiger partial charge is 0.326 e. The fourth-order valence-electron chi connectivity index (χ4n) is 3.69. The molecule has 0 aromatic heterocycles. The quantitative estimate of drug-likeness (QED) is 0.592. The lowest BCUT2D eigenvalue weighted by molar-refractivity contribution is -0.127. The van der Waals surface area contributed by atoms with Gasteiger partial charge in [0.2, 0.25) is 5.91 Å². The second kappa shape index (κ2) is 8.78. The molecule has 0 unspecified atom stereocenters. The van der Waals surface area contributed by atoms with Crippen molar-refractivity contribution in [2.24, 2.45) is 0 Å². The highest BCUT2D eigenvalue weighted by Crippen LogP contribution is 2.23. The monoisotopic (exact) mass is 401 g/mol. The van der Waals surface area contributed by atoms with Crippen molar-refractivity contribution in [1.29, 1.82) is 0 Å². The number of fused-ring (bicyclic) bond motifs is 1. The van der Waals surface area contributed by atoms with Gasteiger partial charge in [0, 0.05) is 24.0 Å². The molecule has 6 heteroatoms. The van der Waals surface area contributed by atoms with Crippen molar-refractivity contribution in [1.82, 2.24) is 10.2 Å². The zero-order chi connectivity index (χ0) is 20.9. The van der Waals surface area contributed by atoms with Gasteiger partial charge in [-0.3, -0.25) is 14.5 Å². The molecule has 0 bridgehead atoms. The third-order valence-electron chi connectivity index (χ3n) is 5.30. The van der Waals surface area contributed by atoms with Gasteiger partial charge in [-0.2, -0.15) is 0 Å². The van der Waals surface area contributed by atoms with Crippen molar-refractivity contribution < 1.29 is 14.4 Å². The molecule has 152 valence electrons. The second-order valence-corrected chi connectivity index (χ2v) is 7.34. The molecule has 1 saturated heterocycles. The van der Waals surface area contributed by atoms with Crippen LogP contribution >= 0.6 is 0 Å². The number of nitrogens with zero attached hydrogens (tertiary/aromatic N) is 1. The van der Waals surface area contributed by atoms with E-state index in [1.54, 1.807) is 0 Å². The molecular weight excluding hydrogens is 378 g/mol. The third kappa shape index (κ3) is 4.33. The van der Waals surface area contributed by atoms with Gasteiger partial charge in [-0.05, 0) is 29.9 Å². The number of hydrogen-bond donors (Lipinski definition) is 2. The highest BCUT2D eigenvalue weighted by atomic mass is 16.2. The minimum Gasteiger partial charge on any atom is -0.326 e. The smallest absolute Gasteiger partial charge is 0.324 e. The Labute approximate surface area is 174 Å². The number of anilines is 1. The number of carbonyl (C=O) groups is 3. The number of rotatable bonds is 7. The standard InChI is InChI=1S/C24H23N3O3/c28-22(25-20-12-6-10-18-9-4-5-11-19(18)20)14-13-21-23(29)27(24(30)26-21)16-15-17-7-2-1-3-8-17/h1-12,21H,13-16H2,(H,25,28)(H,26,30)/t21-/m1/s1. The lowest BCUT2D eigenvalue weighted by atomic mass is 10.1. The van der Waals surface area contributed by atoms with Gasteiger partial charge >= 0.3 is 6.03 Å². The van der Waals surface area contributed by atoms with E-state index in [1.165, 1.54) is 4.90 Å². The zero-order valence-electron chi connectivity index (χ0n) is 16.5. The Morgan fingerprint density at radius 1 is 0.933 bits per heavy atom. The molecule has 3 aromatic rings. The second-order valence-electron chi connectivity index (χ2n) is 7.34. The van der Waals surface area contributed by atoms with E-state index in [9.17, 15) is 14.4 Å². The maximum absolute atomic E-state index is 12.6. The molecule has 1 aliphatic heterocycles. The first-order valence-corrected chi connectivity index (χ1v) is 10.1. The topological polar surface area (TPSA) is 78.5 Å². The summed E-state index contributed by atoms with van der Waals surface area (Å²) in [5, 5.41) is 7.62. The Bertz CT molecular complexity index is 1080. The van der Waals surface area contributed by atoms with Crippen molar-refractivity contribution in [3.8, 4) is 0 Å². The van der Waals surface area contributed by atoms with Crippen molar-refractivity contribution >= 4 is 34.3 Å². The maximum atomic E-state index is 12.6. The Balaban J connectivity index is 1.31. The molecular formula is C24H23N3O3. The predicted molar refractivity (Wildman–Crippen MR) is 116 cm³/mol. The van der Waals surface area contributed by atoms with Gasteiger partial charge in [0.05, 0.1) is 0 Å². The highest BCUT2D eigenvalue weighted by Gasteiger charge is 2.37. The summed E-state index contributed by atoms with van der Waals surface area (Å²) in [6.07, 6.45) is 1.02. The van der Waals surface area contributed by atoms with Crippen molar-refractivity contribution in [3.05, 3.63) is 78.4 Å². The van der Waals surface area contributed by atoms with Gasteiger partial charge in [-0.25, -0.2) is 4.79 Å². The summed E-state index contributed by atoms with van der Waals surface area (Å²) in [4.78, 5) is 38.5. The van der Waals surface area contributed by atoms with Crippen LogP contribution in [0.1, 0.15) is 18.4 Å². The van der Waals surface area contributed by atoms with Gasteiger partial charge in [0.1, 0.15) is 6.04 Å². The Hall–Kier alpha value is -3.67. The van der Waals surface area contributed by atoms with Gasteiger partial charge < -0.3 is 10.6 Å². The third-order valence-corrected chi connectivity index (χ3v) is 5.30. The van der Waals surface area contributed by atoms with Crippen LogP contribution in [0.3, 0.4) is 0 Å². The number of nitrogens with one attached hydrogen (secondary N) is 2. The summed E-state index contributed by atoms with van der Waals surface area (Å²) in [6.45, 7) is 0.327.